The molecule has 1 amide bonds. The lowest BCUT2D eigenvalue weighted by Crippen LogP contribution is -2.48. The maximum absolute atomic E-state index is 12.9. The standard InChI is InChI=1S/C25H30N4O3S2/c1-3-19(2)27-34(31,32)23-11-9-21(10-12-23)25(30)29-15-13-28(14-16-29)17-22-18-33-24(26-22)20-7-5-4-6-8-20/h4-12,18-19,27H,3,13-17H2,1-2H3. The van der Waals surface area contributed by atoms with Crippen LogP contribution in [0.15, 0.2) is 64.9 Å². The predicted molar refractivity (Wildman–Crippen MR) is 135 cm³/mol. The van der Waals surface area contributed by atoms with Crippen molar-refractivity contribution in [2.45, 2.75) is 37.8 Å². The molecule has 1 N–H and O–H groups in total. The summed E-state index contributed by atoms with van der Waals surface area (Å²) in [6.45, 7) is 7.32. The molecule has 1 fully saturated rings. The van der Waals surface area contributed by atoms with Gasteiger partial charge in [-0.15, -0.1) is 11.3 Å². The molecule has 2 aromatic carbocycles. The van der Waals surface area contributed by atoms with Gasteiger partial charge in [-0.25, -0.2) is 18.1 Å². The fourth-order valence-corrected chi connectivity index (χ4v) is 5.95. The molecule has 4 rings (SSSR count). The van der Waals surface area contributed by atoms with E-state index in [1.165, 1.54) is 12.1 Å². The van der Waals surface area contributed by atoms with Crippen molar-refractivity contribution >= 4 is 27.3 Å². The first-order valence-corrected chi connectivity index (χ1v) is 13.9. The van der Waals surface area contributed by atoms with Gasteiger partial charge in [0.15, 0.2) is 0 Å². The summed E-state index contributed by atoms with van der Waals surface area (Å²) in [4.78, 5) is 22.0. The summed E-state index contributed by atoms with van der Waals surface area (Å²) in [6.07, 6.45) is 0.707. The van der Waals surface area contributed by atoms with Crippen LogP contribution < -0.4 is 4.72 Å². The van der Waals surface area contributed by atoms with Crippen LogP contribution in [0, 0.1) is 0 Å². The highest BCUT2D eigenvalue weighted by atomic mass is 32.2. The first-order chi connectivity index (χ1) is 16.4. The molecule has 34 heavy (non-hydrogen) atoms. The Hall–Kier alpha value is -2.59. The second-order valence-corrected chi connectivity index (χ2v) is 11.1. The number of nitrogens with zero attached hydrogens (tertiary/aromatic N) is 3. The van der Waals surface area contributed by atoms with Crippen molar-refractivity contribution in [1.82, 2.24) is 19.5 Å². The predicted octanol–water partition coefficient (Wildman–Crippen LogP) is 3.84. The van der Waals surface area contributed by atoms with Gasteiger partial charge in [-0.2, -0.15) is 0 Å². The van der Waals surface area contributed by atoms with E-state index in [1.807, 2.05) is 36.9 Å². The monoisotopic (exact) mass is 498 g/mol. The first kappa shape index (κ1) is 24.5. The van der Waals surface area contributed by atoms with Gasteiger partial charge in [0.1, 0.15) is 5.01 Å². The molecular formula is C25H30N4O3S2. The van der Waals surface area contributed by atoms with Crippen LogP contribution in [0.5, 0.6) is 0 Å². The summed E-state index contributed by atoms with van der Waals surface area (Å²) in [5, 5.41) is 3.13. The molecule has 0 spiro atoms. The number of carbonyl (C=O) groups is 1. The van der Waals surface area contributed by atoms with E-state index in [4.69, 9.17) is 4.98 Å². The number of aromatic nitrogens is 1. The van der Waals surface area contributed by atoms with Crippen molar-refractivity contribution in [3.63, 3.8) is 0 Å². The van der Waals surface area contributed by atoms with Gasteiger partial charge in [0, 0.05) is 55.3 Å². The number of rotatable bonds is 8. The molecule has 1 aliphatic heterocycles. The van der Waals surface area contributed by atoms with Crippen LogP contribution in [-0.4, -0.2) is 61.3 Å². The number of sulfonamides is 1. The molecule has 1 aliphatic rings. The quantitative estimate of drug-likeness (QED) is 0.510. The normalized spacial score (nSPS) is 15.9. The zero-order valence-corrected chi connectivity index (χ0v) is 21.1. The third-order valence-electron chi connectivity index (χ3n) is 6.00. The molecule has 9 heteroatoms. The molecule has 1 unspecified atom stereocenters. The lowest BCUT2D eigenvalue weighted by molar-refractivity contribution is 0.0627. The average Bonchev–Trinajstić information content (AvgIpc) is 3.33. The Morgan fingerprint density at radius 3 is 2.38 bits per heavy atom. The molecule has 1 saturated heterocycles. The molecule has 0 radical (unpaired) electrons. The van der Waals surface area contributed by atoms with E-state index in [0.717, 1.165) is 35.9 Å². The van der Waals surface area contributed by atoms with Gasteiger partial charge in [-0.05, 0) is 37.6 Å². The number of hydrogen-bond acceptors (Lipinski definition) is 6. The lowest BCUT2D eigenvalue weighted by Gasteiger charge is -2.34. The summed E-state index contributed by atoms with van der Waals surface area (Å²) in [6, 6.07) is 16.2. The maximum Gasteiger partial charge on any atom is 0.253 e. The second kappa shape index (κ2) is 10.8. The van der Waals surface area contributed by atoms with E-state index < -0.39 is 10.0 Å². The van der Waals surface area contributed by atoms with Crippen LogP contribution in [0.2, 0.25) is 0 Å². The Labute approximate surface area is 205 Å². The van der Waals surface area contributed by atoms with E-state index in [1.54, 1.807) is 23.5 Å². The summed E-state index contributed by atoms with van der Waals surface area (Å²) >= 11 is 1.65. The van der Waals surface area contributed by atoms with E-state index in [2.05, 4.69) is 27.1 Å². The summed E-state index contributed by atoms with van der Waals surface area (Å²) < 4.78 is 27.5. The Balaban J connectivity index is 1.31. The lowest BCUT2D eigenvalue weighted by atomic mass is 10.2. The Kier molecular flexibility index (Phi) is 7.77. The number of benzene rings is 2. The van der Waals surface area contributed by atoms with Crippen LogP contribution in [-0.2, 0) is 16.6 Å². The number of hydrogen-bond donors (Lipinski definition) is 1. The molecule has 0 saturated carbocycles. The van der Waals surface area contributed by atoms with E-state index in [-0.39, 0.29) is 16.8 Å². The minimum absolute atomic E-state index is 0.0708. The number of nitrogens with one attached hydrogen (secondary N) is 1. The minimum Gasteiger partial charge on any atom is -0.336 e. The van der Waals surface area contributed by atoms with Crippen molar-refractivity contribution in [1.29, 1.82) is 0 Å². The Bertz CT molecular complexity index is 1200. The minimum atomic E-state index is -3.58. The van der Waals surface area contributed by atoms with Crippen LogP contribution in [0.25, 0.3) is 10.6 Å². The molecule has 0 aliphatic carbocycles. The fourth-order valence-electron chi connectivity index (χ4n) is 3.81. The van der Waals surface area contributed by atoms with Crippen molar-refractivity contribution in [3.8, 4) is 10.6 Å². The topological polar surface area (TPSA) is 82.6 Å². The zero-order valence-electron chi connectivity index (χ0n) is 19.5. The van der Waals surface area contributed by atoms with Gasteiger partial charge in [0.05, 0.1) is 10.6 Å². The largest absolute Gasteiger partial charge is 0.336 e. The summed E-state index contributed by atoms with van der Waals surface area (Å²) in [5.74, 6) is -0.0708. The van der Waals surface area contributed by atoms with Crippen LogP contribution >= 0.6 is 11.3 Å². The Morgan fingerprint density at radius 2 is 1.74 bits per heavy atom. The van der Waals surface area contributed by atoms with E-state index >= 15 is 0 Å². The van der Waals surface area contributed by atoms with Crippen molar-refractivity contribution in [3.05, 3.63) is 71.2 Å². The summed E-state index contributed by atoms with van der Waals surface area (Å²) in [7, 11) is -3.58. The number of thiazole rings is 1. The first-order valence-electron chi connectivity index (χ1n) is 11.5. The smallest absolute Gasteiger partial charge is 0.253 e. The van der Waals surface area contributed by atoms with Crippen molar-refractivity contribution < 1.29 is 13.2 Å². The number of carbonyl (C=O) groups excluding carboxylic acids is 1. The maximum atomic E-state index is 12.9. The highest BCUT2D eigenvalue weighted by Gasteiger charge is 2.24. The SMILES string of the molecule is CCC(C)NS(=O)(=O)c1ccc(C(=O)N2CCN(Cc3csc(-c4ccccc4)n3)CC2)cc1. The van der Waals surface area contributed by atoms with Crippen molar-refractivity contribution in [2.75, 3.05) is 26.2 Å². The molecular weight excluding hydrogens is 468 g/mol. The fraction of sp³-hybridized carbons (Fsp3) is 0.360. The summed E-state index contributed by atoms with van der Waals surface area (Å²) in [5.41, 5.74) is 2.68. The van der Waals surface area contributed by atoms with Gasteiger partial charge in [-0.1, -0.05) is 37.3 Å². The van der Waals surface area contributed by atoms with Gasteiger partial charge in [0.25, 0.3) is 5.91 Å². The van der Waals surface area contributed by atoms with Crippen LogP contribution in [0.3, 0.4) is 0 Å². The molecule has 180 valence electrons. The molecule has 1 aromatic heterocycles. The molecule has 2 heterocycles. The van der Waals surface area contributed by atoms with Gasteiger partial charge >= 0.3 is 0 Å². The second-order valence-electron chi connectivity index (χ2n) is 8.53. The average molecular weight is 499 g/mol. The van der Waals surface area contributed by atoms with Crippen LogP contribution in [0.1, 0.15) is 36.3 Å². The van der Waals surface area contributed by atoms with Crippen LogP contribution in [0.4, 0.5) is 0 Å². The number of amides is 1. The van der Waals surface area contributed by atoms with E-state index in [9.17, 15) is 13.2 Å². The third kappa shape index (κ3) is 5.90. The molecule has 7 nitrogen and oxygen atoms in total. The molecule has 0 bridgehead atoms. The Morgan fingerprint density at radius 1 is 1.06 bits per heavy atom. The van der Waals surface area contributed by atoms with E-state index in [0.29, 0.717) is 25.1 Å². The van der Waals surface area contributed by atoms with Gasteiger partial charge in [0.2, 0.25) is 10.0 Å². The molecule has 1 atom stereocenters. The number of piperazine rings is 1. The zero-order chi connectivity index (χ0) is 24.1. The molecule has 3 aromatic rings. The highest BCUT2D eigenvalue weighted by Crippen LogP contribution is 2.24. The van der Waals surface area contributed by atoms with Crippen molar-refractivity contribution in [2.24, 2.45) is 0 Å². The highest BCUT2D eigenvalue weighted by molar-refractivity contribution is 7.89. The third-order valence-corrected chi connectivity index (χ3v) is 8.54. The van der Waals surface area contributed by atoms with Gasteiger partial charge < -0.3 is 4.90 Å². The van der Waals surface area contributed by atoms with Gasteiger partial charge in [-0.3, -0.25) is 9.69 Å².